The van der Waals surface area contributed by atoms with Crippen molar-refractivity contribution in [3.8, 4) is 0 Å². The van der Waals surface area contributed by atoms with Crippen molar-refractivity contribution in [3.05, 3.63) is 24.2 Å². The lowest BCUT2D eigenvalue weighted by Crippen LogP contribution is -2.40. The third-order valence-corrected chi connectivity index (χ3v) is 1.27. The van der Waals surface area contributed by atoms with Crippen molar-refractivity contribution >= 4 is 5.91 Å². The van der Waals surface area contributed by atoms with E-state index in [-0.39, 0.29) is 11.4 Å². The van der Waals surface area contributed by atoms with Crippen molar-refractivity contribution in [3.63, 3.8) is 0 Å². The van der Waals surface area contributed by atoms with Gasteiger partial charge in [0.2, 0.25) is 0 Å². The van der Waals surface area contributed by atoms with Gasteiger partial charge in [0.1, 0.15) is 6.26 Å². The van der Waals surface area contributed by atoms with Crippen LogP contribution in [0.5, 0.6) is 0 Å². The van der Waals surface area contributed by atoms with Crippen molar-refractivity contribution in [2.45, 2.75) is 26.3 Å². The van der Waals surface area contributed by atoms with Gasteiger partial charge in [-0.1, -0.05) is 0 Å². The van der Waals surface area contributed by atoms with Gasteiger partial charge in [-0.15, -0.1) is 0 Å². The number of furan rings is 1. The van der Waals surface area contributed by atoms with Crippen LogP contribution < -0.4 is 5.32 Å². The van der Waals surface area contributed by atoms with E-state index in [9.17, 15) is 4.79 Å². The summed E-state index contributed by atoms with van der Waals surface area (Å²) in [4.78, 5) is 11.4. The lowest BCUT2D eigenvalue weighted by atomic mass is 10.1. The molecule has 0 atom stereocenters. The molecule has 12 heavy (non-hydrogen) atoms. The second kappa shape index (κ2) is 3.01. The molecule has 1 heterocycles. The molecule has 1 aromatic rings. The molecule has 0 aliphatic heterocycles. The summed E-state index contributed by atoms with van der Waals surface area (Å²) in [5, 5.41) is 2.82. The number of carbonyl (C=O) groups excluding carboxylic acids is 1. The van der Waals surface area contributed by atoms with Crippen LogP contribution in [-0.4, -0.2) is 11.4 Å². The molecule has 1 aromatic heterocycles. The Morgan fingerprint density at radius 1 is 1.50 bits per heavy atom. The van der Waals surface area contributed by atoms with Crippen LogP contribution in [0.3, 0.4) is 0 Å². The van der Waals surface area contributed by atoms with Crippen molar-refractivity contribution in [1.82, 2.24) is 5.32 Å². The third-order valence-electron chi connectivity index (χ3n) is 1.27. The highest BCUT2D eigenvalue weighted by atomic mass is 16.3. The minimum atomic E-state index is -0.200. The minimum absolute atomic E-state index is 0.101. The largest absolute Gasteiger partial charge is 0.472 e. The molecule has 3 heteroatoms. The van der Waals surface area contributed by atoms with Crippen molar-refractivity contribution in [2.75, 3.05) is 0 Å². The Balaban J connectivity index is 2.63. The van der Waals surface area contributed by atoms with Gasteiger partial charge >= 0.3 is 0 Å². The van der Waals surface area contributed by atoms with E-state index in [0.717, 1.165) is 0 Å². The van der Waals surface area contributed by atoms with E-state index in [4.69, 9.17) is 4.42 Å². The summed E-state index contributed by atoms with van der Waals surface area (Å²) in [5.41, 5.74) is 0.360. The standard InChI is InChI=1S/C9H13NO2/c1-9(2,3)10-8(11)7-4-5-12-6-7/h4-6H,1-3H3,(H,10,11). The summed E-state index contributed by atoms with van der Waals surface area (Å²) in [6.45, 7) is 5.81. The van der Waals surface area contributed by atoms with Crippen LogP contribution in [0, 0.1) is 0 Å². The minimum Gasteiger partial charge on any atom is -0.472 e. The molecule has 0 radical (unpaired) electrons. The van der Waals surface area contributed by atoms with Crippen molar-refractivity contribution < 1.29 is 9.21 Å². The molecule has 0 spiro atoms. The maximum Gasteiger partial charge on any atom is 0.254 e. The third kappa shape index (κ3) is 2.42. The Morgan fingerprint density at radius 3 is 2.58 bits per heavy atom. The lowest BCUT2D eigenvalue weighted by molar-refractivity contribution is 0.0919. The summed E-state index contributed by atoms with van der Waals surface area (Å²) >= 11 is 0. The summed E-state index contributed by atoms with van der Waals surface area (Å²) in [5.74, 6) is -0.101. The van der Waals surface area contributed by atoms with Gasteiger partial charge in [0.05, 0.1) is 11.8 Å². The molecule has 0 saturated carbocycles. The number of nitrogens with one attached hydrogen (secondary N) is 1. The van der Waals surface area contributed by atoms with E-state index >= 15 is 0 Å². The van der Waals surface area contributed by atoms with Gasteiger partial charge in [-0.05, 0) is 26.8 Å². The maximum absolute atomic E-state index is 11.4. The average molecular weight is 167 g/mol. The van der Waals surface area contributed by atoms with Crippen LogP contribution in [0.25, 0.3) is 0 Å². The van der Waals surface area contributed by atoms with Crippen LogP contribution in [-0.2, 0) is 0 Å². The summed E-state index contributed by atoms with van der Waals surface area (Å²) < 4.78 is 4.79. The highest BCUT2D eigenvalue weighted by molar-refractivity contribution is 5.94. The van der Waals surface area contributed by atoms with E-state index in [0.29, 0.717) is 5.56 Å². The van der Waals surface area contributed by atoms with Gasteiger partial charge in [-0.2, -0.15) is 0 Å². The predicted octanol–water partition coefficient (Wildman–Crippen LogP) is 1.81. The molecular formula is C9H13NO2. The maximum atomic E-state index is 11.4. The Hall–Kier alpha value is -1.25. The molecule has 1 rings (SSSR count). The fourth-order valence-corrected chi connectivity index (χ4v) is 0.806. The molecule has 66 valence electrons. The number of carbonyl (C=O) groups is 1. The normalized spacial score (nSPS) is 11.2. The molecular weight excluding hydrogens is 154 g/mol. The molecule has 1 N–H and O–H groups in total. The van der Waals surface area contributed by atoms with E-state index < -0.39 is 0 Å². The lowest BCUT2D eigenvalue weighted by Gasteiger charge is -2.19. The van der Waals surface area contributed by atoms with Crippen molar-refractivity contribution in [2.24, 2.45) is 0 Å². The second-order valence-corrected chi connectivity index (χ2v) is 3.72. The predicted molar refractivity (Wildman–Crippen MR) is 45.9 cm³/mol. The first kappa shape index (κ1) is 8.84. The Kier molecular flexibility index (Phi) is 2.22. The Labute approximate surface area is 71.8 Å². The zero-order chi connectivity index (χ0) is 9.19. The van der Waals surface area contributed by atoms with E-state index in [1.54, 1.807) is 6.07 Å². The summed E-state index contributed by atoms with van der Waals surface area (Å²) in [7, 11) is 0. The SMILES string of the molecule is CC(C)(C)NC(=O)c1ccoc1. The average Bonchev–Trinajstić information content (AvgIpc) is 2.32. The number of rotatable bonds is 1. The van der Waals surface area contributed by atoms with Crippen molar-refractivity contribution in [1.29, 1.82) is 0 Å². The fourth-order valence-electron chi connectivity index (χ4n) is 0.806. The smallest absolute Gasteiger partial charge is 0.254 e. The molecule has 1 amide bonds. The molecule has 0 aromatic carbocycles. The van der Waals surface area contributed by atoms with Gasteiger partial charge in [-0.25, -0.2) is 0 Å². The Bertz CT molecular complexity index is 257. The van der Waals surface area contributed by atoms with E-state index in [1.165, 1.54) is 12.5 Å². The van der Waals surface area contributed by atoms with Crippen LogP contribution in [0.4, 0.5) is 0 Å². The van der Waals surface area contributed by atoms with E-state index in [2.05, 4.69) is 5.32 Å². The van der Waals surface area contributed by atoms with Gasteiger partial charge in [0.25, 0.3) is 5.91 Å². The topological polar surface area (TPSA) is 42.2 Å². The molecule has 0 aliphatic rings. The molecule has 0 saturated heterocycles. The highest BCUT2D eigenvalue weighted by Gasteiger charge is 2.15. The van der Waals surface area contributed by atoms with Crippen LogP contribution in [0.15, 0.2) is 23.0 Å². The van der Waals surface area contributed by atoms with Gasteiger partial charge in [-0.3, -0.25) is 4.79 Å². The number of hydrogen-bond acceptors (Lipinski definition) is 2. The second-order valence-electron chi connectivity index (χ2n) is 3.72. The first-order chi connectivity index (χ1) is 5.49. The van der Waals surface area contributed by atoms with Gasteiger partial charge in [0, 0.05) is 5.54 Å². The number of amides is 1. The first-order valence-electron chi connectivity index (χ1n) is 3.84. The van der Waals surface area contributed by atoms with Gasteiger partial charge in [0.15, 0.2) is 0 Å². The van der Waals surface area contributed by atoms with Crippen LogP contribution >= 0.6 is 0 Å². The summed E-state index contributed by atoms with van der Waals surface area (Å²) in [6.07, 6.45) is 2.92. The molecule has 0 fully saturated rings. The zero-order valence-corrected chi connectivity index (χ0v) is 7.55. The molecule has 0 bridgehead atoms. The van der Waals surface area contributed by atoms with Crippen LogP contribution in [0.1, 0.15) is 31.1 Å². The monoisotopic (exact) mass is 167 g/mol. The highest BCUT2D eigenvalue weighted by Crippen LogP contribution is 2.04. The Morgan fingerprint density at radius 2 is 2.17 bits per heavy atom. The zero-order valence-electron chi connectivity index (χ0n) is 7.55. The summed E-state index contributed by atoms with van der Waals surface area (Å²) in [6, 6.07) is 1.64. The molecule has 0 unspecified atom stereocenters. The van der Waals surface area contributed by atoms with Gasteiger partial charge < -0.3 is 9.73 Å². The van der Waals surface area contributed by atoms with Crippen LogP contribution in [0.2, 0.25) is 0 Å². The molecule has 0 aliphatic carbocycles. The van der Waals surface area contributed by atoms with E-state index in [1.807, 2.05) is 20.8 Å². The molecule has 3 nitrogen and oxygen atoms in total. The fraction of sp³-hybridized carbons (Fsp3) is 0.444. The number of hydrogen-bond donors (Lipinski definition) is 1. The first-order valence-corrected chi connectivity index (χ1v) is 3.84. The quantitative estimate of drug-likeness (QED) is 0.693.